The van der Waals surface area contributed by atoms with Crippen LogP contribution >= 0.6 is 11.8 Å². The zero-order chi connectivity index (χ0) is 17.3. The monoisotopic (exact) mass is 350 g/mol. The zero-order valence-electron chi connectivity index (χ0n) is 13.4. The molecule has 24 heavy (non-hydrogen) atoms. The number of Topliss-reactive ketones (excluding diaryl/α,β-unsaturated/α-hetero) is 1. The molecule has 2 aliphatic heterocycles. The Bertz CT molecular complexity index is 590. The summed E-state index contributed by atoms with van der Waals surface area (Å²) in [5.74, 6) is 0.0688. The minimum Gasteiger partial charge on any atom is -0.339 e. The normalized spacial score (nSPS) is 33.9. The number of hydrogen-bond acceptors (Lipinski definition) is 6. The number of thioether (sulfide) groups is 1. The summed E-state index contributed by atoms with van der Waals surface area (Å²) in [4.78, 5) is 38.2. The Balaban J connectivity index is 1.62. The quantitative estimate of drug-likeness (QED) is 0.745. The van der Waals surface area contributed by atoms with E-state index in [1.807, 2.05) is 0 Å². The van der Waals surface area contributed by atoms with Gasteiger partial charge in [-0.15, -0.1) is 11.8 Å². The van der Waals surface area contributed by atoms with Gasteiger partial charge in [-0.25, -0.2) is 0 Å². The molecule has 2 saturated heterocycles. The van der Waals surface area contributed by atoms with Crippen LogP contribution < -0.4 is 11.1 Å². The largest absolute Gasteiger partial charge is 0.339 e. The topological polar surface area (TPSA) is 116 Å². The third-order valence-corrected chi connectivity index (χ3v) is 6.47. The molecule has 0 radical (unpaired) electrons. The second kappa shape index (κ2) is 7.11. The standard InChI is InChI=1S/C16H22N4O3S/c17-7-10(6-9-2-1-3-13(9)21)19-15(22)12-8-24-14-5-4-11(18)16(23)20(12)14/h9-12,14H,1-6,8,18H2,(H,19,22). The van der Waals surface area contributed by atoms with Gasteiger partial charge >= 0.3 is 0 Å². The lowest BCUT2D eigenvalue weighted by molar-refractivity contribution is -0.143. The van der Waals surface area contributed by atoms with Gasteiger partial charge < -0.3 is 16.0 Å². The maximum Gasteiger partial charge on any atom is 0.244 e. The number of nitrogens with one attached hydrogen (secondary N) is 1. The lowest BCUT2D eigenvalue weighted by Gasteiger charge is -2.35. The molecule has 3 N–H and O–H groups in total. The van der Waals surface area contributed by atoms with Gasteiger partial charge in [0.15, 0.2) is 0 Å². The number of amides is 2. The first kappa shape index (κ1) is 17.2. The molecule has 0 spiro atoms. The molecule has 3 fully saturated rings. The molecule has 0 aromatic heterocycles. The Labute approximate surface area is 145 Å². The fourth-order valence-corrected chi connectivity index (χ4v) is 5.18. The highest BCUT2D eigenvalue weighted by Gasteiger charge is 2.46. The summed E-state index contributed by atoms with van der Waals surface area (Å²) in [6.07, 6.45) is 4.01. The zero-order valence-corrected chi connectivity index (χ0v) is 14.3. The predicted molar refractivity (Wildman–Crippen MR) is 88.6 cm³/mol. The van der Waals surface area contributed by atoms with Gasteiger partial charge in [0.25, 0.3) is 0 Å². The minimum atomic E-state index is -0.692. The number of fused-ring (bicyclic) bond motifs is 1. The summed E-state index contributed by atoms with van der Waals surface area (Å²) >= 11 is 1.59. The number of hydrogen-bond donors (Lipinski definition) is 2. The number of nitrogens with zero attached hydrogens (tertiary/aromatic N) is 2. The SMILES string of the molecule is N#CC(CC1CCCC1=O)NC(=O)C1CSC2CCC(N)C(=O)N21. The number of carbonyl (C=O) groups is 3. The Morgan fingerprint density at radius 3 is 2.88 bits per heavy atom. The van der Waals surface area contributed by atoms with Crippen LogP contribution in [0, 0.1) is 17.2 Å². The summed E-state index contributed by atoms with van der Waals surface area (Å²) in [5.41, 5.74) is 5.83. The van der Waals surface area contributed by atoms with Gasteiger partial charge in [-0.05, 0) is 32.1 Å². The summed E-state index contributed by atoms with van der Waals surface area (Å²) < 4.78 is 0. The lowest BCUT2D eigenvalue weighted by atomic mass is 9.98. The van der Waals surface area contributed by atoms with Crippen molar-refractivity contribution in [2.24, 2.45) is 11.7 Å². The van der Waals surface area contributed by atoms with Crippen LogP contribution in [0.1, 0.15) is 38.5 Å². The average Bonchev–Trinajstić information content (AvgIpc) is 3.17. The van der Waals surface area contributed by atoms with E-state index in [-0.39, 0.29) is 28.9 Å². The van der Waals surface area contributed by atoms with Gasteiger partial charge in [-0.3, -0.25) is 14.4 Å². The predicted octanol–water partition coefficient (Wildman–Crippen LogP) is 0.145. The van der Waals surface area contributed by atoms with Crippen molar-refractivity contribution in [1.82, 2.24) is 10.2 Å². The number of nitriles is 1. The fourth-order valence-electron chi connectivity index (χ4n) is 3.75. The first-order valence-electron chi connectivity index (χ1n) is 8.43. The van der Waals surface area contributed by atoms with E-state index in [1.165, 1.54) is 0 Å². The summed E-state index contributed by atoms with van der Waals surface area (Å²) in [5, 5.41) is 12.0. The molecule has 7 nitrogen and oxygen atoms in total. The molecule has 0 aromatic rings. The molecule has 2 heterocycles. The van der Waals surface area contributed by atoms with E-state index in [9.17, 15) is 19.6 Å². The van der Waals surface area contributed by atoms with Gasteiger partial charge in [-0.2, -0.15) is 5.26 Å². The van der Waals surface area contributed by atoms with Crippen LogP contribution in [0.2, 0.25) is 0 Å². The molecule has 8 heteroatoms. The Morgan fingerprint density at radius 1 is 1.42 bits per heavy atom. The second-order valence-corrected chi connectivity index (χ2v) is 7.93. The molecular weight excluding hydrogens is 328 g/mol. The molecule has 0 aromatic carbocycles. The van der Waals surface area contributed by atoms with Crippen molar-refractivity contribution in [1.29, 1.82) is 5.26 Å². The van der Waals surface area contributed by atoms with Crippen LogP contribution in [-0.4, -0.2) is 51.7 Å². The van der Waals surface area contributed by atoms with E-state index in [0.29, 0.717) is 25.0 Å². The van der Waals surface area contributed by atoms with Gasteiger partial charge in [-0.1, -0.05) is 0 Å². The van der Waals surface area contributed by atoms with Gasteiger partial charge in [0.1, 0.15) is 17.9 Å². The molecule has 5 unspecified atom stereocenters. The van der Waals surface area contributed by atoms with Crippen LogP contribution in [0.4, 0.5) is 0 Å². The second-order valence-electron chi connectivity index (χ2n) is 6.71. The van der Waals surface area contributed by atoms with E-state index in [2.05, 4.69) is 11.4 Å². The molecule has 2 amide bonds. The minimum absolute atomic E-state index is 0.00463. The number of carbonyl (C=O) groups excluding carboxylic acids is 3. The third kappa shape index (κ3) is 3.28. The molecule has 3 rings (SSSR count). The average molecular weight is 350 g/mol. The number of ketones is 1. The first-order chi connectivity index (χ1) is 11.5. The highest BCUT2D eigenvalue weighted by Crippen LogP contribution is 2.36. The lowest BCUT2D eigenvalue weighted by Crippen LogP contribution is -2.58. The molecular formula is C16H22N4O3S. The van der Waals surface area contributed by atoms with Crippen molar-refractivity contribution in [2.75, 3.05) is 5.75 Å². The highest BCUT2D eigenvalue weighted by molar-refractivity contribution is 8.00. The number of rotatable bonds is 4. The summed E-state index contributed by atoms with van der Waals surface area (Å²) in [6.45, 7) is 0. The van der Waals surface area contributed by atoms with E-state index >= 15 is 0 Å². The summed E-state index contributed by atoms with van der Waals surface area (Å²) in [7, 11) is 0. The van der Waals surface area contributed by atoms with E-state index in [0.717, 1.165) is 19.3 Å². The van der Waals surface area contributed by atoms with Crippen LogP contribution in [-0.2, 0) is 14.4 Å². The fraction of sp³-hybridized carbons (Fsp3) is 0.750. The third-order valence-electron chi connectivity index (χ3n) is 5.12. The molecule has 5 atom stereocenters. The van der Waals surface area contributed by atoms with E-state index < -0.39 is 18.1 Å². The van der Waals surface area contributed by atoms with Crippen LogP contribution in [0.5, 0.6) is 0 Å². The van der Waals surface area contributed by atoms with Gasteiger partial charge in [0.2, 0.25) is 11.8 Å². The molecule has 3 aliphatic rings. The Kier molecular flexibility index (Phi) is 5.11. The first-order valence-corrected chi connectivity index (χ1v) is 9.48. The molecule has 0 bridgehead atoms. The van der Waals surface area contributed by atoms with Crippen molar-refractivity contribution < 1.29 is 14.4 Å². The van der Waals surface area contributed by atoms with Gasteiger partial charge in [0.05, 0.1) is 17.5 Å². The molecule has 130 valence electrons. The van der Waals surface area contributed by atoms with Crippen LogP contribution in [0.25, 0.3) is 0 Å². The molecule has 1 saturated carbocycles. The number of nitrogens with two attached hydrogens (primary N) is 1. The van der Waals surface area contributed by atoms with Crippen molar-refractivity contribution >= 4 is 29.4 Å². The van der Waals surface area contributed by atoms with Crippen molar-refractivity contribution in [3.63, 3.8) is 0 Å². The van der Waals surface area contributed by atoms with E-state index in [4.69, 9.17) is 5.73 Å². The van der Waals surface area contributed by atoms with Gasteiger partial charge in [0, 0.05) is 18.1 Å². The highest BCUT2D eigenvalue weighted by atomic mass is 32.2. The van der Waals surface area contributed by atoms with Crippen LogP contribution in [0.15, 0.2) is 0 Å². The number of piperidine rings is 1. The summed E-state index contributed by atoms with van der Waals surface area (Å²) in [6, 6.07) is 0.266. The maximum absolute atomic E-state index is 12.6. The smallest absolute Gasteiger partial charge is 0.244 e. The van der Waals surface area contributed by atoms with E-state index in [1.54, 1.807) is 16.7 Å². The Morgan fingerprint density at radius 2 is 2.21 bits per heavy atom. The van der Waals surface area contributed by atoms with Crippen LogP contribution in [0.3, 0.4) is 0 Å². The molecule has 1 aliphatic carbocycles. The van der Waals surface area contributed by atoms with Crippen molar-refractivity contribution in [3.8, 4) is 6.07 Å². The van der Waals surface area contributed by atoms with Crippen molar-refractivity contribution in [2.45, 2.75) is 62.0 Å². The van der Waals surface area contributed by atoms with Crippen molar-refractivity contribution in [3.05, 3.63) is 0 Å². The maximum atomic E-state index is 12.6. The Hall–Kier alpha value is -1.59.